The molecule has 27 heavy (non-hydrogen) atoms. The Morgan fingerprint density at radius 3 is 2.56 bits per heavy atom. The van der Waals surface area contributed by atoms with Gasteiger partial charge in [0.25, 0.3) is 0 Å². The summed E-state index contributed by atoms with van der Waals surface area (Å²) in [6.07, 6.45) is 12.3. The van der Waals surface area contributed by atoms with Crippen LogP contribution in [0.15, 0.2) is 40.0 Å². The fourth-order valence-electron chi connectivity index (χ4n) is 6.25. The third-order valence-electron chi connectivity index (χ3n) is 6.79. The predicted molar refractivity (Wildman–Crippen MR) is 99.6 cm³/mol. The molecule has 4 aliphatic carbocycles. The highest BCUT2D eigenvalue weighted by molar-refractivity contribution is 9.10. The lowest BCUT2D eigenvalue weighted by Crippen LogP contribution is -2.58. The fraction of sp³-hybridized carbons (Fsp3) is 0.526. The van der Waals surface area contributed by atoms with Crippen molar-refractivity contribution < 1.29 is 4.42 Å². The summed E-state index contributed by atoms with van der Waals surface area (Å²) in [4.78, 5) is 8.39. The van der Waals surface area contributed by atoms with Gasteiger partial charge in [-0.15, -0.1) is 15.3 Å². The van der Waals surface area contributed by atoms with E-state index in [2.05, 4.69) is 45.9 Å². The minimum atomic E-state index is -0.0409. The molecule has 3 aromatic heterocycles. The molecule has 7 rings (SSSR count). The minimum absolute atomic E-state index is 0.0222. The molecule has 4 fully saturated rings. The van der Waals surface area contributed by atoms with Crippen LogP contribution in [-0.4, -0.2) is 29.9 Å². The van der Waals surface area contributed by atoms with Crippen LogP contribution >= 0.6 is 15.9 Å². The number of nitrogens with zero attached hydrogens (tertiary/aromatic N) is 6. The van der Waals surface area contributed by atoms with Crippen LogP contribution in [0, 0.1) is 11.8 Å². The normalized spacial score (nSPS) is 34.3. The van der Waals surface area contributed by atoms with Crippen molar-refractivity contribution in [2.45, 2.75) is 49.5 Å². The Morgan fingerprint density at radius 1 is 1.07 bits per heavy atom. The fourth-order valence-corrected chi connectivity index (χ4v) is 6.51. The van der Waals surface area contributed by atoms with Gasteiger partial charge in [0, 0.05) is 18.0 Å². The van der Waals surface area contributed by atoms with Gasteiger partial charge in [-0.3, -0.25) is 4.98 Å². The Morgan fingerprint density at radius 2 is 1.85 bits per heavy atom. The maximum Gasteiger partial charge on any atom is 0.247 e. The van der Waals surface area contributed by atoms with Gasteiger partial charge in [-0.1, -0.05) is 0 Å². The van der Waals surface area contributed by atoms with Gasteiger partial charge in [-0.05, 0) is 78.4 Å². The molecule has 0 saturated heterocycles. The molecule has 4 bridgehead atoms. The van der Waals surface area contributed by atoms with Crippen molar-refractivity contribution in [3.63, 3.8) is 0 Å². The first-order valence-electron chi connectivity index (χ1n) is 9.46. The van der Waals surface area contributed by atoms with Gasteiger partial charge >= 0.3 is 0 Å². The van der Waals surface area contributed by atoms with Crippen molar-refractivity contribution >= 4 is 15.9 Å². The van der Waals surface area contributed by atoms with Crippen LogP contribution in [-0.2, 0) is 11.0 Å². The smallest absolute Gasteiger partial charge is 0.247 e. The van der Waals surface area contributed by atoms with E-state index in [0.717, 1.165) is 30.7 Å². The van der Waals surface area contributed by atoms with Gasteiger partial charge in [0.2, 0.25) is 16.5 Å². The molecule has 4 saturated carbocycles. The number of rotatable bonds is 3. The maximum absolute atomic E-state index is 6.24. The Hall–Kier alpha value is -2.09. The van der Waals surface area contributed by atoms with Crippen LogP contribution in [0.25, 0.3) is 11.5 Å². The third-order valence-corrected chi connectivity index (χ3v) is 7.15. The van der Waals surface area contributed by atoms with Gasteiger partial charge in [0.15, 0.2) is 0 Å². The summed E-state index contributed by atoms with van der Waals surface area (Å²) in [6, 6.07) is 3.82. The Bertz CT molecular complexity index is 985. The summed E-state index contributed by atoms with van der Waals surface area (Å²) in [7, 11) is 0. The van der Waals surface area contributed by atoms with E-state index >= 15 is 0 Å². The van der Waals surface area contributed by atoms with Crippen LogP contribution in [0.4, 0.5) is 0 Å². The predicted octanol–water partition coefficient (Wildman–Crippen LogP) is 3.73. The highest BCUT2D eigenvalue weighted by Crippen LogP contribution is 2.64. The largest absolute Gasteiger partial charge is 0.420 e. The van der Waals surface area contributed by atoms with E-state index in [1.807, 2.05) is 18.5 Å². The molecule has 0 aliphatic heterocycles. The van der Waals surface area contributed by atoms with Gasteiger partial charge in [-0.25, -0.2) is 9.67 Å². The monoisotopic (exact) mass is 426 g/mol. The van der Waals surface area contributed by atoms with E-state index in [1.165, 1.54) is 19.3 Å². The van der Waals surface area contributed by atoms with E-state index in [1.54, 1.807) is 12.4 Å². The highest BCUT2D eigenvalue weighted by Gasteiger charge is 2.61. The summed E-state index contributed by atoms with van der Waals surface area (Å²) in [5.74, 6) is 2.75. The van der Waals surface area contributed by atoms with Gasteiger partial charge < -0.3 is 4.42 Å². The van der Waals surface area contributed by atoms with Crippen molar-refractivity contribution in [2.24, 2.45) is 11.8 Å². The average molecular weight is 427 g/mol. The molecule has 7 nitrogen and oxygen atoms in total. The first-order chi connectivity index (χ1) is 13.1. The lowest BCUT2D eigenvalue weighted by molar-refractivity contribution is -0.0773. The Kier molecular flexibility index (Phi) is 3.22. The molecule has 2 atom stereocenters. The van der Waals surface area contributed by atoms with E-state index in [-0.39, 0.29) is 11.0 Å². The van der Waals surface area contributed by atoms with Crippen molar-refractivity contribution in [1.82, 2.24) is 29.9 Å². The lowest BCUT2D eigenvalue weighted by atomic mass is 9.47. The third kappa shape index (κ3) is 2.35. The van der Waals surface area contributed by atoms with Crippen molar-refractivity contribution in [3.8, 4) is 11.5 Å². The summed E-state index contributed by atoms with van der Waals surface area (Å²) in [5, 5.41) is 13.5. The lowest BCUT2D eigenvalue weighted by Gasteiger charge is -2.60. The zero-order valence-corrected chi connectivity index (χ0v) is 16.3. The molecule has 0 amide bonds. The van der Waals surface area contributed by atoms with Crippen molar-refractivity contribution in [3.05, 3.63) is 41.5 Å². The molecular weight excluding hydrogens is 408 g/mol. The zero-order chi connectivity index (χ0) is 18.1. The number of pyridine rings is 1. The second-order valence-corrected chi connectivity index (χ2v) is 9.28. The van der Waals surface area contributed by atoms with E-state index in [9.17, 15) is 0 Å². The van der Waals surface area contributed by atoms with Crippen LogP contribution in [0.5, 0.6) is 0 Å². The summed E-state index contributed by atoms with van der Waals surface area (Å²) < 4.78 is 8.99. The quantitative estimate of drug-likeness (QED) is 0.634. The molecule has 2 unspecified atom stereocenters. The van der Waals surface area contributed by atoms with E-state index in [4.69, 9.17) is 4.42 Å². The number of halogens is 1. The second kappa shape index (κ2) is 5.47. The van der Waals surface area contributed by atoms with E-state index < -0.39 is 0 Å². The molecule has 138 valence electrons. The number of hydrogen-bond acceptors (Lipinski definition) is 6. The summed E-state index contributed by atoms with van der Waals surface area (Å²) in [5.41, 5.74) is 0.901. The molecule has 0 radical (unpaired) electrons. The summed E-state index contributed by atoms with van der Waals surface area (Å²) >= 11 is 3.41. The topological polar surface area (TPSA) is 82.5 Å². The van der Waals surface area contributed by atoms with Crippen molar-refractivity contribution in [2.75, 3.05) is 0 Å². The number of hydrogen-bond donors (Lipinski definition) is 0. The Balaban J connectivity index is 1.41. The number of aromatic nitrogens is 6. The van der Waals surface area contributed by atoms with Crippen LogP contribution in [0.2, 0.25) is 0 Å². The second-order valence-electron chi connectivity index (χ2n) is 8.57. The standard InChI is InChI=1S/C19H19BrN6O/c20-17-22-11-26(25-17)19-8-12-5-13(9-19)7-18(6-12,10-19)16-24-23-15(27-16)14-1-3-21-4-2-14/h1-4,11-13H,5-10H2. The zero-order valence-electron chi connectivity index (χ0n) is 14.8. The molecule has 0 spiro atoms. The van der Waals surface area contributed by atoms with E-state index in [0.29, 0.717) is 22.5 Å². The van der Waals surface area contributed by atoms with Crippen LogP contribution < -0.4 is 0 Å². The van der Waals surface area contributed by atoms with Gasteiger partial charge in [0.1, 0.15) is 6.33 Å². The first-order valence-corrected chi connectivity index (χ1v) is 10.3. The molecule has 0 aromatic carbocycles. The molecule has 4 aliphatic rings. The van der Waals surface area contributed by atoms with Crippen LogP contribution in [0.3, 0.4) is 0 Å². The molecule has 3 aromatic rings. The van der Waals surface area contributed by atoms with Gasteiger partial charge in [0.05, 0.1) is 11.0 Å². The molecule has 8 heteroatoms. The minimum Gasteiger partial charge on any atom is -0.420 e. The summed E-state index contributed by atoms with van der Waals surface area (Å²) in [6.45, 7) is 0. The maximum atomic E-state index is 6.24. The molecule has 0 N–H and O–H groups in total. The highest BCUT2D eigenvalue weighted by atomic mass is 79.9. The Labute approximate surface area is 164 Å². The molecular formula is C19H19BrN6O. The first kappa shape index (κ1) is 15.9. The van der Waals surface area contributed by atoms with Gasteiger partial charge in [-0.2, -0.15) is 0 Å². The van der Waals surface area contributed by atoms with Crippen LogP contribution in [0.1, 0.15) is 44.4 Å². The van der Waals surface area contributed by atoms with Crippen molar-refractivity contribution in [1.29, 1.82) is 0 Å². The average Bonchev–Trinajstić information content (AvgIpc) is 3.31. The SMILES string of the molecule is Brc1ncn(C23CC4CC(CC(c5nnc(-c6ccncc6)o5)(C4)C2)C3)n1. The molecule has 3 heterocycles.